The van der Waals surface area contributed by atoms with Crippen molar-refractivity contribution in [2.45, 2.75) is 9.79 Å². The van der Waals surface area contributed by atoms with E-state index in [0.29, 0.717) is 10.7 Å². The number of H-pyrrole nitrogens is 1. The van der Waals surface area contributed by atoms with E-state index in [-0.39, 0.29) is 0 Å². The fourth-order valence-corrected chi connectivity index (χ4v) is 3.49. The summed E-state index contributed by atoms with van der Waals surface area (Å²) in [4.78, 5) is 12.9. The average molecular weight is 351 g/mol. The number of rotatable bonds is 5. The van der Waals surface area contributed by atoms with Crippen molar-refractivity contribution < 1.29 is 9.11 Å². The van der Waals surface area contributed by atoms with Gasteiger partial charge in [0.15, 0.2) is 0 Å². The van der Waals surface area contributed by atoms with Gasteiger partial charge in [-0.15, -0.1) is 22.5 Å². The Morgan fingerprint density at radius 1 is 1.22 bits per heavy atom. The predicted molar refractivity (Wildman–Crippen MR) is 95.6 cm³/mol. The Balaban J connectivity index is 2.04. The average Bonchev–Trinajstić information content (AvgIpc) is 3.04. The summed E-state index contributed by atoms with van der Waals surface area (Å²) in [6.07, 6.45) is 5.24. The lowest BCUT2D eigenvalue weighted by Gasteiger charge is -2.31. The first-order chi connectivity index (χ1) is 11.0. The van der Waals surface area contributed by atoms with E-state index in [9.17, 15) is 9.11 Å². The quantitative estimate of drug-likeness (QED) is 0.447. The maximum absolute atomic E-state index is 10.0. The monoisotopic (exact) mass is 351 g/mol. The van der Waals surface area contributed by atoms with Crippen molar-refractivity contribution in [1.82, 2.24) is 19.7 Å². The molecule has 2 aromatic heterocycles. The highest BCUT2D eigenvalue weighted by Gasteiger charge is 2.16. The van der Waals surface area contributed by atoms with Gasteiger partial charge in [-0.3, -0.25) is 9.11 Å². The Kier molecular flexibility index (Phi) is 4.46. The van der Waals surface area contributed by atoms with E-state index in [1.54, 1.807) is 30.1 Å². The highest BCUT2D eigenvalue weighted by atomic mass is 32.3. The lowest BCUT2D eigenvalue weighted by Crippen LogP contribution is -2.15. The second-order valence-electron chi connectivity index (χ2n) is 4.70. The van der Waals surface area contributed by atoms with Crippen LogP contribution in [-0.2, 0) is 0 Å². The molecule has 0 fully saturated rings. The molecule has 3 rings (SSSR count). The molecule has 2 heterocycles. The molecule has 0 aliphatic carbocycles. The van der Waals surface area contributed by atoms with Crippen molar-refractivity contribution in [2.24, 2.45) is 0 Å². The van der Waals surface area contributed by atoms with Gasteiger partial charge < -0.3 is 10.3 Å². The maximum atomic E-state index is 10.0. The lowest BCUT2D eigenvalue weighted by atomic mass is 10.3. The number of hydrogen-bond donors (Lipinski definition) is 5. The third-order valence-electron chi connectivity index (χ3n) is 3.39. The predicted octanol–water partition coefficient (Wildman–Crippen LogP) is 3.67. The van der Waals surface area contributed by atoms with Gasteiger partial charge in [0.1, 0.15) is 17.8 Å². The number of hydrogen-bond acceptors (Lipinski definition) is 7. The van der Waals surface area contributed by atoms with Crippen molar-refractivity contribution in [3.8, 4) is 0 Å². The largest absolute Gasteiger partial charge is 0.346 e. The van der Waals surface area contributed by atoms with Gasteiger partial charge in [0.2, 0.25) is 0 Å². The van der Waals surface area contributed by atoms with E-state index in [4.69, 9.17) is 0 Å². The summed E-state index contributed by atoms with van der Waals surface area (Å²) < 4.78 is 22.6. The fraction of sp³-hybridized carbons (Fsp3) is 0.143. The van der Waals surface area contributed by atoms with E-state index in [2.05, 4.69) is 25.0 Å². The zero-order valence-corrected chi connectivity index (χ0v) is 14.2. The molecule has 3 aromatic rings. The number of fused-ring (bicyclic) bond motifs is 1. The summed E-state index contributed by atoms with van der Waals surface area (Å²) in [6.45, 7) is 0. The Hall–Kier alpha value is -1.78. The van der Waals surface area contributed by atoms with Crippen molar-refractivity contribution >= 4 is 45.1 Å². The van der Waals surface area contributed by atoms with Gasteiger partial charge in [-0.2, -0.15) is 0 Å². The molecule has 0 amide bonds. The van der Waals surface area contributed by atoms with Crippen molar-refractivity contribution in [1.29, 1.82) is 0 Å². The van der Waals surface area contributed by atoms with E-state index < -0.39 is 10.8 Å². The van der Waals surface area contributed by atoms with Crippen LogP contribution < -0.4 is 10.0 Å². The Bertz CT molecular complexity index is 837. The first-order valence-electron chi connectivity index (χ1n) is 6.75. The molecule has 0 saturated carbocycles. The van der Waals surface area contributed by atoms with Crippen LogP contribution in [0.15, 0.2) is 46.6 Å². The first-order valence-corrected chi connectivity index (χ1v) is 9.52. The molecule has 0 spiro atoms. The molecule has 23 heavy (non-hydrogen) atoms. The Morgan fingerprint density at radius 2 is 2.04 bits per heavy atom. The van der Waals surface area contributed by atoms with Crippen LogP contribution in [-0.4, -0.2) is 37.4 Å². The topological polar surface area (TPSA) is 106 Å². The number of benzene rings is 1. The minimum atomic E-state index is -3.01. The van der Waals surface area contributed by atoms with Crippen LogP contribution >= 0.6 is 22.5 Å². The van der Waals surface area contributed by atoms with Gasteiger partial charge >= 0.3 is 0 Å². The summed E-state index contributed by atoms with van der Waals surface area (Å²) in [5.74, 6) is 0.657. The highest BCUT2D eigenvalue weighted by molar-refractivity contribution is 8.22. The SMILES string of the molecule is CNS(O)(O)c1ccc(SC)c(Nc2ncnc3[nH]ccc23)c1. The van der Waals surface area contributed by atoms with E-state index in [0.717, 1.165) is 21.6 Å². The van der Waals surface area contributed by atoms with E-state index >= 15 is 0 Å². The Labute approximate surface area is 139 Å². The van der Waals surface area contributed by atoms with Crippen molar-refractivity contribution in [3.05, 3.63) is 36.8 Å². The summed E-state index contributed by atoms with van der Waals surface area (Å²) >= 11 is 1.56. The molecule has 0 saturated heterocycles. The normalized spacial score (nSPS) is 12.5. The molecular formula is C14H17N5O2S2. The van der Waals surface area contributed by atoms with Crippen molar-refractivity contribution in [3.63, 3.8) is 0 Å². The van der Waals surface area contributed by atoms with Crippen LogP contribution in [0, 0.1) is 0 Å². The summed E-state index contributed by atoms with van der Waals surface area (Å²) in [5, 5.41) is 4.13. The van der Waals surface area contributed by atoms with Gasteiger partial charge in [0.05, 0.1) is 16.0 Å². The number of aromatic amines is 1. The van der Waals surface area contributed by atoms with Crippen LogP contribution in [0.4, 0.5) is 11.5 Å². The Morgan fingerprint density at radius 3 is 2.78 bits per heavy atom. The minimum absolute atomic E-state index is 0.416. The molecule has 0 aliphatic rings. The van der Waals surface area contributed by atoms with Crippen molar-refractivity contribution in [2.75, 3.05) is 18.6 Å². The zero-order valence-electron chi connectivity index (χ0n) is 12.6. The fourth-order valence-electron chi connectivity index (χ4n) is 2.18. The van der Waals surface area contributed by atoms with Crippen LogP contribution in [0.1, 0.15) is 0 Å². The molecule has 7 nitrogen and oxygen atoms in total. The van der Waals surface area contributed by atoms with Gasteiger partial charge in [-0.1, -0.05) is 0 Å². The highest BCUT2D eigenvalue weighted by Crippen LogP contribution is 2.45. The third-order valence-corrected chi connectivity index (χ3v) is 5.67. The van der Waals surface area contributed by atoms with Gasteiger partial charge in [0, 0.05) is 18.1 Å². The maximum Gasteiger partial charge on any atom is 0.143 e. The van der Waals surface area contributed by atoms with Crippen LogP contribution in [0.25, 0.3) is 11.0 Å². The van der Waals surface area contributed by atoms with Gasteiger partial charge in [-0.05, 0) is 30.5 Å². The smallest absolute Gasteiger partial charge is 0.143 e. The third kappa shape index (κ3) is 3.14. The lowest BCUT2D eigenvalue weighted by molar-refractivity contribution is 0.476. The summed E-state index contributed by atoms with van der Waals surface area (Å²) in [7, 11) is -1.50. The number of aromatic nitrogens is 3. The summed E-state index contributed by atoms with van der Waals surface area (Å²) in [5.41, 5.74) is 1.50. The van der Waals surface area contributed by atoms with Crippen LogP contribution in [0.5, 0.6) is 0 Å². The second kappa shape index (κ2) is 6.38. The molecule has 122 valence electrons. The first kappa shape index (κ1) is 16.1. The molecular weight excluding hydrogens is 334 g/mol. The zero-order chi connectivity index (χ0) is 16.4. The van der Waals surface area contributed by atoms with Crippen LogP contribution in [0.2, 0.25) is 0 Å². The summed E-state index contributed by atoms with van der Waals surface area (Å²) in [6, 6.07) is 7.16. The van der Waals surface area contributed by atoms with E-state index in [1.165, 1.54) is 13.4 Å². The molecule has 5 N–H and O–H groups in total. The number of nitrogens with zero attached hydrogens (tertiary/aromatic N) is 2. The number of thioether (sulfide) groups is 1. The molecule has 0 radical (unpaired) electrons. The number of anilines is 2. The minimum Gasteiger partial charge on any atom is -0.346 e. The molecule has 0 unspecified atom stereocenters. The number of nitrogens with one attached hydrogen (secondary N) is 3. The van der Waals surface area contributed by atoms with E-state index in [1.807, 2.05) is 18.4 Å². The molecule has 1 aromatic carbocycles. The standard InChI is InChI=1S/C14H17N5O2S2/c1-15-23(20,21)9-3-4-12(22-2)11(7-9)19-14-10-5-6-16-13(10)17-8-18-14/h3-8,15,20-21H,1-2H3,(H2,16,17,18,19). The molecule has 0 bridgehead atoms. The molecule has 9 heteroatoms. The van der Waals surface area contributed by atoms with Gasteiger partial charge in [0.25, 0.3) is 0 Å². The second-order valence-corrected chi connectivity index (χ2v) is 7.53. The van der Waals surface area contributed by atoms with Gasteiger partial charge in [-0.25, -0.2) is 14.7 Å². The molecule has 0 aliphatic heterocycles. The molecule has 0 atom stereocenters. The van der Waals surface area contributed by atoms with Crippen LogP contribution in [0.3, 0.4) is 0 Å².